The molecule has 5 heteroatoms. The molecule has 0 bridgehead atoms. The van der Waals surface area contributed by atoms with E-state index in [1.165, 1.54) is 6.92 Å². The lowest BCUT2D eigenvalue weighted by Gasteiger charge is -2.08. The smallest absolute Gasteiger partial charge is 0.406 e. The summed E-state index contributed by atoms with van der Waals surface area (Å²) in [5.41, 5.74) is 4.64. The van der Waals surface area contributed by atoms with E-state index in [0.717, 1.165) is 0 Å². The first kappa shape index (κ1) is 8.90. The molecule has 0 saturated carbocycles. The van der Waals surface area contributed by atoms with Crippen LogP contribution in [0, 0.1) is 0 Å². The SMILES string of the molecule is CC(OCC=O)OC(N)=O. The Bertz CT molecular complexity index is 125. The second kappa shape index (κ2) is 4.75. The molecule has 0 aliphatic rings. The normalized spacial score (nSPS) is 12.1. The highest BCUT2D eigenvalue weighted by Crippen LogP contribution is 1.90. The minimum atomic E-state index is -0.918. The molecule has 0 fully saturated rings. The minimum absolute atomic E-state index is 0.103. The number of amides is 1. The Morgan fingerprint density at radius 3 is 2.80 bits per heavy atom. The molecule has 0 aromatic carbocycles. The molecule has 0 aromatic heterocycles. The molecular weight excluding hydrogens is 138 g/mol. The van der Waals surface area contributed by atoms with E-state index in [1.807, 2.05) is 0 Å². The van der Waals surface area contributed by atoms with Crippen LogP contribution in [0.1, 0.15) is 6.92 Å². The van der Waals surface area contributed by atoms with Gasteiger partial charge in [0.25, 0.3) is 0 Å². The largest absolute Gasteiger partial charge is 0.420 e. The van der Waals surface area contributed by atoms with E-state index in [9.17, 15) is 9.59 Å². The number of nitrogens with two attached hydrogens (primary N) is 1. The molecule has 0 radical (unpaired) electrons. The molecule has 1 atom stereocenters. The highest BCUT2D eigenvalue weighted by atomic mass is 16.7. The molecule has 0 saturated heterocycles. The van der Waals surface area contributed by atoms with Crippen LogP contribution in [0.5, 0.6) is 0 Å². The molecule has 0 aromatic rings. The zero-order chi connectivity index (χ0) is 7.98. The number of carbonyl (C=O) groups is 2. The van der Waals surface area contributed by atoms with Crippen molar-refractivity contribution in [3.63, 3.8) is 0 Å². The van der Waals surface area contributed by atoms with Crippen molar-refractivity contribution in [1.29, 1.82) is 0 Å². The van der Waals surface area contributed by atoms with Crippen LogP contribution < -0.4 is 5.73 Å². The van der Waals surface area contributed by atoms with E-state index < -0.39 is 12.4 Å². The van der Waals surface area contributed by atoms with Gasteiger partial charge in [-0.05, 0) is 6.92 Å². The molecule has 58 valence electrons. The monoisotopic (exact) mass is 147 g/mol. The van der Waals surface area contributed by atoms with Crippen molar-refractivity contribution in [3.8, 4) is 0 Å². The van der Waals surface area contributed by atoms with Crippen LogP contribution >= 0.6 is 0 Å². The topological polar surface area (TPSA) is 78.6 Å². The van der Waals surface area contributed by atoms with E-state index in [1.54, 1.807) is 0 Å². The van der Waals surface area contributed by atoms with Gasteiger partial charge in [0, 0.05) is 0 Å². The zero-order valence-electron chi connectivity index (χ0n) is 5.57. The Morgan fingerprint density at radius 1 is 1.80 bits per heavy atom. The summed E-state index contributed by atoms with van der Waals surface area (Å²) in [6.45, 7) is 1.36. The van der Waals surface area contributed by atoms with Crippen molar-refractivity contribution < 1.29 is 19.1 Å². The second-order valence-electron chi connectivity index (χ2n) is 1.50. The third kappa shape index (κ3) is 5.04. The Balaban J connectivity index is 3.33. The van der Waals surface area contributed by atoms with Crippen molar-refractivity contribution in [1.82, 2.24) is 0 Å². The molecule has 5 nitrogen and oxygen atoms in total. The van der Waals surface area contributed by atoms with E-state index in [-0.39, 0.29) is 6.61 Å². The highest BCUT2D eigenvalue weighted by Gasteiger charge is 2.03. The molecule has 10 heavy (non-hydrogen) atoms. The van der Waals surface area contributed by atoms with Gasteiger partial charge in [0.2, 0.25) is 6.29 Å². The van der Waals surface area contributed by atoms with Gasteiger partial charge in [0.1, 0.15) is 12.9 Å². The highest BCUT2D eigenvalue weighted by molar-refractivity contribution is 5.64. The Kier molecular flexibility index (Phi) is 4.23. The van der Waals surface area contributed by atoms with Gasteiger partial charge in [-0.2, -0.15) is 0 Å². The van der Waals surface area contributed by atoms with Gasteiger partial charge in [-0.3, -0.25) is 0 Å². The molecule has 0 spiro atoms. The standard InChI is InChI=1S/C5H9NO4/c1-4(9-3-2-7)10-5(6)8/h2,4H,3H2,1H3,(H2,6,8). The summed E-state index contributed by atoms with van der Waals surface area (Å²) < 4.78 is 8.92. The maximum atomic E-state index is 10.0. The lowest BCUT2D eigenvalue weighted by Crippen LogP contribution is -2.23. The predicted molar refractivity (Wildman–Crippen MR) is 32.1 cm³/mol. The summed E-state index contributed by atoms with van der Waals surface area (Å²) in [5.74, 6) is 0. The van der Waals surface area contributed by atoms with Crippen LogP contribution in [-0.4, -0.2) is 25.3 Å². The Morgan fingerprint density at radius 2 is 2.40 bits per heavy atom. The fourth-order valence-corrected chi connectivity index (χ4v) is 0.372. The van der Waals surface area contributed by atoms with Crippen LogP contribution in [0.2, 0.25) is 0 Å². The number of hydrogen-bond acceptors (Lipinski definition) is 4. The second-order valence-corrected chi connectivity index (χ2v) is 1.50. The average molecular weight is 147 g/mol. The van der Waals surface area contributed by atoms with Crippen molar-refractivity contribution in [3.05, 3.63) is 0 Å². The molecular formula is C5H9NO4. The van der Waals surface area contributed by atoms with Gasteiger partial charge in [0.15, 0.2) is 0 Å². The number of carbonyl (C=O) groups excluding carboxylic acids is 2. The van der Waals surface area contributed by atoms with Gasteiger partial charge >= 0.3 is 6.09 Å². The van der Waals surface area contributed by atoms with Gasteiger partial charge < -0.3 is 20.0 Å². The minimum Gasteiger partial charge on any atom is -0.420 e. The van der Waals surface area contributed by atoms with Crippen LogP contribution in [0.25, 0.3) is 0 Å². The van der Waals surface area contributed by atoms with Crippen LogP contribution in [-0.2, 0) is 14.3 Å². The number of ether oxygens (including phenoxy) is 2. The summed E-state index contributed by atoms with van der Waals surface area (Å²) in [5, 5.41) is 0. The molecule has 0 aliphatic heterocycles. The van der Waals surface area contributed by atoms with Gasteiger partial charge in [-0.1, -0.05) is 0 Å². The van der Waals surface area contributed by atoms with E-state index in [4.69, 9.17) is 0 Å². The molecule has 1 unspecified atom stereocenters. The molecule has 0 aliphatic carbocycles. The van der Waals surface area contributed by atoms with Crippen LogP contribution in [0.4, 0.5) is 4.79 Å². The van der Waals surface area contributed by atoms with Crippen LogP contribution in [0.3, 0.4) is 0 Å². The van der Waals surface area contributed by atoms with E-state index in [0.29, 0.717) is 6.29 Å². The number of primary amides is 1. The number of aldehydes is 1. The third-order valence-corrected chi connectivity index (χ3v) is 0.681. The summed E-state index contributed by atoms with van der Waals surface area (Å²) in [7, 11) is 0. The number of hydrogen-bond donors (Lipinski definition) is 1. The van der Waals surface area contributed by atoms with Crippen molar-refractivity contribution in [2.45, 2.75) is 13.2 Å². The Hall–Kier alpha value is -1.10. The third-order valence-electron chi connectivity index (χ3n) is 0.681. The molecule has 2 N–H and O–H groups in total. The first-order valence-corrected chi connectivity index (χ1v) is 2.68. The van der Waals surface area contributed by atoms with Crippen molar-refractivity contribution in [2.75, 3.05) is 6.61 Å². The number of rotatable bonds is 4. The zero-order valence-corrected chi connectivity index (χ0v) is 5.57. The van der Waals surface area contributed by atoms with Crippen LogP contribution in [0.15, 0.2) is 0 Å². The molecule has 1 amide bonds. The fourth-order valence-electron chi connectivity index (χ4n) is 0.372. The molecule has 0 rings (SSSR count). The first-order valence-electron chi connectivity index (χ1n) is 2.68. The quantitative estimate of drug-likeness (QED) is 0.435. The average Bonchev–Trinajstić information content (AvgIpc) is 1.82. The van der Waals surface area contributed by atoms with Crippen molar-refractivity contribution >= 4 is 12.4 Å². The lowest BCUT2D eigenvalue weighted by atomic mass is 10.7. The summed E-state index contributed by atoms with van der Waals surface area (Å²) in [4.78, 5) is 19.7. The van der Waals surface area contributed by atoms with Gasteiger partial charge in [-0.25, -0.2) is 4.79 Å². The van der Waals surface area contributed by atoms with Gasteiger partial charge in [-0.15, -0.1) is 0 Å². The summed E-state index contributed by atoms with van der Waals surface area (Å²) in [6.07, 6.45) is -1.12. The predicted octanol–water partition coefficient (Wildman–Crippen LogP) is -0.357. The summed E-state index contributed by atoms with van der Waals surface area (Å²) >= 11 is 0. The maximum Gasteiger partial charge on any atom is 0.406 e. The fraction of sp³-hybridized carbons (Fsp3) is 0.600. The maximum absolute atomic E-state index is 10.0. The van der Waals surface area contributed by atoms with E-state index >= 15 is 0 Å². The molecule has 0 heterocycles. The first-order chi connectivity index (χ1) is 4.66. The van der Waals surface area contributed by atoms with Gasteiger partial charge in [0.05, 0.1) is 0 Å². The summed E-state index contributed by atoms with van der Waals surface area (Å²) in [6, 6.07) is 0. The van der Waals surface area contributed by atoms with Crippen molar-refractivity contribution in [2.24, 2.45) is 5.73 Å². The lowest BCUT2D eigenvalue weighted by molar-refractivity contribution is -0.125. The Labute approximate surface area is 58.1 Å². The van der Waals surface area contributed by atoms with E-state index in [2.05, 4.69) is 15.2 Å².